The van der Waals surface area contributed by atoms with Gasteiger partial charge in [-0.15, -0.1) is 35.7 Å². The van der Waals surface area contributed by atoms with E-state index in [0.717, 1.165) is 10.6 Å². The van der Waals surface area contributed by atoms with Gasteiger partial charge >= 0.3 is 6.18 Å². The van der Waals surface area contributed by atoms with Gasteiger partial charge in [-0.05, 0) is 24.3 Å². The van der Waals surface area contributed by atoms with Crippen LogP contribution in [0.15, 0.2) is 34.2 Å². The lowest BCUT2D eigenvalue weighted by Crippen LogP contribution is -2.39. The van der Waals surface area contributed by atoms with Crippen LogP contribution in [-0.4, -0.2) is 38.0 Å². The molecule has 22 heavy (non-hydrogen) atoms. The van der Waals surface area contributed by atoms with Gasteiger partial charge in [-0.1, -0.05) is 11.6 Å². The smallest absolute Gasteiger partial charge is 0.356 e. The minimum Gasteiger partial charge on any atom is -0.356 e. The van der Waals surface area contributed by atoms with Crippen molar-refractivity contribution < 1.29 is 13.2 Å². The number of guanidine groups is 1. The number of benzene rings is 1. The van der Waals surface area contributed by atoms with E-state index in [-0.39, 0.29) is 30.5 Å². The maximum atomic E-state index is 12.0. The number of nitrogens with zero attached hydrogens (tertiary/aromatic N) is 1. The third kappa shape index (κ3) is 10.4. The molecular formula is C13H18ClF3IN3S. The number of halogens is 5. The highest BCUT2D eigenvalue weighted by molar-refractivity contribution is 14.0. The summed E-state index contributed by atoms with van der Waals surface area (Å²) in [7, 11) is 1.52. The number of alkyl halides is 3. The number of rotatable bonds is 6. The summed E-state index contributed by atoms with van der Waals surface area (Å²) in [5.74, 6) is 1.14. The van der Waals surface area contributed by atoms with E-state index < -0.39 is 12.6 Å². The molecule has 0 radical (unpaired) electrons. The lowest BCUT2D eigenvalue weighted by Gasteiger charge is -2.12. The SMILES string of the molecule is CN=C(NCCSc1ccc(Cl)cc1)NCCC(F)(F)F.I. The number of nitrogens with one attached hydrogen (secondary N) is 2. The molecule has 0 saturated carbocycles. The first-order valence-corrected chi connectivity index (χ1v) is 7.67. The van der Waals surface area contributed by atoms with Gasteiger partial charge in [0.05, 0.1) is 6.42 Å². The molecule has 2 N–H and O–H groups in total. The molecule has 9 heteroatoms. The van der Waals surface area contributed by atoms with Gasteiger partial charge in [-0.25, -0.2) is 0 Å². The fourth-order valence-corrected chi connectivity index (χ4v) is 2.31. The molecule has 0 atom stereocenters. The van der Waals surface area contributed by atoms with Crippen molar-refractivity contribution in [3.63, 3.8) is 0 Å². The largest absolute Gasteiger partial charge is 0.390 e. The molecule has 126 valence electrons. The molecule has 0 bridgehead atoms. The van der Waals surface area contributed by atoms with Crippen molar-refractivity contribution in [1.29, 1.82) is 0 Å². The Labute approximate surface area is 154 Å². The van der Waals surface area contributed by atoms with E-state index in [1.807, 2.05) is 24.3 Å². The van der Waals surface area contributed by atoms with Crippen LogP contribution in [0.5, 0.6) is 0 Å². The maximum Gasteiger partial charge on any atom is 0.390 e. The average Bonchev–Trinajstić information content (AvgIpc) is 2.42. The van der Waals surface area contributed by atoms with Crippen LogP contribution in [0.1, 0.15) is 6.42 Å². The number of hydrogen-bond donors (Lipinski definition) is 2. The van der Waals surface area contributed by atoms with Crippen molar-refractivity contribution in [2.45, 2.75) is 17.5 Å². The number of aliphatic imine (C=N–C) groups is 1. The van der Waals surface area contributed by atoms with Crippen molar-refractivity contribution in [1.82, 2.24) is 10.6 Å². The molecular weight excluding hydrogens is 450 g/mol. The molecule has 0 unspecified atom stereocenters. The molecule has 0 aliphatic rings. The monoisotopic (exact) mass is 467 g/mol. The second kappa shape index (κ2) is 11.2. The number of hydrogen-bond acceptors (Lipinski definition) is 2. The summed E-state index contributed by atoms with van der Waals surface area (Å²) in [5, 5.41) is 6.27. The second-order valence-electron chi connectivity index (χ2n) is 4.09. The standard InChI is InChI=1S/C13H17ClF3N3S.HI/c1-18-12(19-7-6-13(15,16)17)20-8-9-21-11-4-2-10(14)3-5-11;/h2-5H,6-9H2,1H3,(H2,18,19,20);1H. The Morgan fingerprint density at radius 2 is 1.77 bits per heavy atom. The van der Waals surface area contributed by atoms with E-state index >= 15 is 0 Å². The molecule has 0 heterocycles. The van der Waals surface area contributed by atoms with Gasteiger partial charge in [-0.3, -0.25) is 4.99 Å². The second-order valence-corrected chi connectivity index (χ2v) is 5.70. The number of thioether (sulfide) groups is 1. The molecule has 0 spiro atoms. The Kier molecular flexibility index (Phi) is 11.0. The van der Waals surface area contributed by atoms with Crippen LogP contribution in [0.25, 0.3) is 0 Å². The predicted octanol–water partition coefficient (Wildman–Crippen LogP) is 4.17. The molecule has 0 amide bonds. The maximum absolute atomic E-state index is 12.0. The molecule has 3 nitrogen and oxygen atoms in total. The fraction of sp³-hybridized carbons (Fsp3) is 0.462. The van der Waals surface area contributed by atoms with Crippen LogP contribution in [-0.2, 0) is 0 Å². The summed E-state index contributed by atoms with van der Waals surface area (Å²) in [5.41, 5.74) is 0. The molecule has 0 aliphatic carbocycles. The van der Waals surface area contributed by atoms with Crippen LogP contribution in [0.2, 0.25) is 5.02 Å². The van der Waals surface area contributed by atoms with Crippen LogP contribution >= 0.6 is 47.3 Å². The fourth-order valence-electron chi connectivity index (χ4n) is 1.41. The minimum atomic E-state index is -4.16. The van der Waals surface area contributed by atoms with Crippen molar-refractivity contribution in [3.8, 4) is 0 Å². The van der Waals surface area contributed by atoms with Gasteiger partial charge in [-0.2, -0.15) is 13.2 Å². The van der Waals surface area contributed by atoms with Gasteiger partial charge in [0.1, 0.15) is 0 Å². The van der Waals surface area contributed by atoms with E-state index in [0.29, 0.717) is 17.5 Å². The van der Waals surface area contributed by atoms with Gasteiger partial charge in [0.2, 0.25) is 0 Å². The van der Waals surface area contributed by atoms with Crippen molar-refractivity contribution in [2.24, 2.45) is 4.99 Å². The Morgan fingerprint density at radius 3 is 2.32 bits per heavy atom. The Bertz CT molecular complexity index is 455. The highest BCUT2D eigenvalue weighted by Crippen LogP contribution is 2.19. The van der Waals surface area contributed by atoms with Gasteiger partial charge in [0.15, 0.2) is 5.96 Å². The summed E-state index contributed by atoms with van der Waals surface area (Å²) < 4.78 is 36.1. The summed E-state index contributed by atoms with van der Waals surface area (Å²) in [6, 6.07) is 7.47. The van der Waals surface area contributed by atoms with Crippen molar-refractivity contribution in [2.75, 3.05) is 25.9 Å². The minimum absolute atomic E-state index is 0. The van der Waals surface area contributed by atoms with Crippen LogP contribution in [0.3, 0.4) is 0 Å². The highest BCUT2D eigenvalue weighted by Gasteiger charge is 2.26. The van der Waals surface area contributed by atoms with E-state index in [4.69, 9.17) is 11.6 Å². The van der Waals surface area contributed by atoms with E-state index in [9.17, 15) is 13.2 Å². The third-order valence-electron chi connectivity index (χ3n) is 2.40. The van der Waals surface area contributed by atoms with Crippen LogP contribution < -0.4 is 10.6 Å². The zero-order valence-corrected chi connectivity index (χ0v) is 15.8. The summed E-state index contributed by atoms with van der Waals surface area (Å²) in [6.45, 7) is 0.409. The topological polar surface area (TPSA) is 36.4 Å². The summed E-state index contributed by atoms with van der Waals surface area (Å²) in [6.07, 6.45) is -5.04. The predicted molar refractivity (Wildman–Crippen MR) is 97.6 cm³/mol. The molecule has 0 aliphatic heterocycles. The average molecular weight is 468 g/mol. The molecule has 1 aromatic carbocycles. The molecule has 0 saturated heterocycles. The van der Waals surface area contributed by atoms with E-state index in [1.165, 1.54) is 7.05 Å². The first-order valence-electron chi connectivity index (χ1n) is 6.30. The molecule has 1 rings (SSSR count). The lowest BCUT2D eigenvalue weighted by molar-refractivity contribution is -0.132. The molecule has 0 fully saturated rings. The normalized spacial score (nSPS) is 11.8. The Hall–Kier alpha value is -0.350. The quantitative estimate of drug-likeness (QED) is 0.217. The van der Waals surface area contributed by atoms with E-state index in [2.05, 4.69) is 15.6 Å². The zero-order chi connectivity index (χ0) is 15.7. The highest BCUT2D eigenvalue weighted by atomic mass is 127. The summed E-state index contributed by atoms with van der Waals surface area (Å²) >= 11 is 7.41. The van der Waals surface area contributed by atoms with E-state index in [1.54, 1.807) is 11.8 Å². The Morgan fingerprint density at radius 1 is 1.18 bits per heavy atom. The van der Waals surface area contributed by atoms with Gasteiger partial charge in [0.25, 0.3) is 0 Å². The Balaban J connectivity index is 0.00000441. The zero-order valence-electron chi connectivity index (χ0n) is 11.9. The van der Waals surface area contributed by atoms with Crippen LogP contribution in [0.4, 0.5) is 13.2 Å². The first kappa shape index (κ1) is 21.6. The van der Waals surface area contributed by atoms with Crippen molar-refractivity contribution in [3.05, 3.63) is 29.3 Å². The van der Waals surface area contributed by atoms with Crippen LogP contribution in [0, 0.1) is 0 Å². The van der Waals surface area contributed by atoms with Gasteiger partial charge in [0, 0.05) is 35.8 Å². The molecule has 1 aromatic rings. The van der Waals surface area contributed by atoms with Gasteiger partial charge < -0.3 is 10.6 Å². The van der Waals surface area contributed by atoms with Crippen molar-refractivity contribution >= 4 is 53.3 Å². The lowest BCUT2D eigenvalue weighted by atomic mass is 10.4. The summed E-state index contributed by atoms with van der Waals surface area (Å²) in [4.78, 5) is 4.95. The first-order chi connectivity index (χ1) is 9.90. The molecule has 0 aromatic heterocycles. The third-order valence-corrected chi connectivity index (χ3v) is 3.67.